The highest BCUT2D eigenvalue weighted by Gasteiger charge is 2.22. The summed E-state index contributed by atoms with van der Waals surface area (Å²) in [6, 6.07) is 5.75. The van der Waals surface area contributed by atoms with E-state index in [1.807, 2.05) is 19.1 Å². The van der Waals surface area contributed by atoms with Crippen LogP contribution in [0.5, 0.6) is 0 Å². The van der Waals surface area contributed by atoms with Crippen molar-refractivity contribution in [1.82, 2.24) is 5.32 Å². The normalized spacial score (nSPS) is 19.9. The van der Waals surface area contributed by atoms with E-state index in [1.54, 1.807) is 6.07 Å². The molecule has 1 aromatic rings. The van der Waals surface area contributed by atoms with Gasteiger partial charge in [0.25, 0.3) is 0 Å². The van der Waals surface area contributed by atoms with E-state index in [4.69, 9.17) is 16.3 Å². The smallest absolute Gasteiger partial charge is 0.238 e. The quantitative estimate of drug-likeness (QED) is 0.878. The summed E-state index contributed by atoms with van der Waals surface area (Å²) in [5.41, 5.74) is 1.76. The Morgan fingerprint density at radius 1 is 1.55 bits per heavy atom. The average molecular weight is 297 g/mol. The lowest BCUT2D eigenvalue weighted by Gasteiger charge is -2.19. The minimum absolute atomic E-state index is 0.0545. The molecule has 1 saturated heterocycles. The zero-order chi connectivity index (χ0) is 14.5. The zero-order valence-electron chi connectivity index (χ0n) is 11.9. The van der Waals surface area contributed by atoms with Crippen LogP contribution < -0.4 is 10.6 Å². The molecule has 5 heteroatoms. The van der Waals surface area contributed by atoms with Crippen LogP contribution in [0.15, 0.2) is 18.2 Å². The van der Waals surface area contributed by atoms with E-state index in [-0.39, 0.29) is 11.9 Å². The molecule has 2 atom stereocenters. The standard InChI is InChI=1S/C15H21ClN2O2/c1-10-3-4-13(16)7-14(10)18-15(19)8-17-11(2)12-5-6-20-9-12/h3-4,7,11-12,17H,5-6,8-9H2,1-2H3,(H,18,19). The maximum Gasteiger partial charge on any atom is 0.238 e. The highest BCUT2D eigenvalue weighted by Crippen LogP contribution is 2.20. The molecule has 20 heavy (non-hydrogen) atoms. The Labute approximate surface area is 124 Å². The number of aryl methyl sites for hydroxylation is 1. The fourth-order valence-corrected chi connectivity index (χ4v) is 2.46. The summed E-state index contributed by atoms with van der Waals surface area (Å²) in [6.07, 6.45) is 1.06. The number of carbonyl (C=O) groups is 1. The molecule has 2 unspecified atom stereocenters. The molecule has 2 N–H and O–H groups in total. The van der Waals surface area contributed by atoms with E-state index in [1.165, 1.54) is 0 Å². The van der Waals surface area contributed by atoms with Crippen LogP contribution in [0.4, 0.5) is 5.69 Å². The Morgan fingerprint density at radius 2 is 2.35 bits per heavy atom. The predicted octanol–water partition coefficient (Wildman–Crippen LogP) is 2.60. The van der Waals surface area contributed by atoms with Gasteiger partial charge >= 0.3 is 0 Å². The first-order valence-electron chi connectivity index (χ1n) is 6.93. The van der Waals surface area contributed by atoms with Gasteiger partial charge in [0.05, 0.1) is 13.2 Å². The second-order valence-corrected chi connectivity index (χ2v) is 5.74. The first kappa shape index (κ1) is 15.3. The summed E-state index contributed by atoms with van der Waals surface area (Å²) in [4.78, 5) is 11.9. The predicted molar refractivity (Wildman–Crippen MR) is 81.2 cm³/mol. The number of anilines is 1. The van der Waals surface area contributed by atoms with E-state index in [9.17, 15) is 4.79 Å². The number of carbonyl (C=O) groups excluding carboxylic acids is 1. The first-order chi connectivity index (χ1) is 9.56. The molecular formula is C15H21ClN2O2. The average Bonchev–Trinajstić information content (AvgIpc) is 2.94. The third-order valence-electron chi connectivity index (χ3n) is 3.73. The van der Waals surface area contributed by atoms with Crippen LogP contribution in [0.1, 0.15) is 18.9 Å². The molecule has 0 aliphatic carbocycles. The lowest BCUT2D eigenvalue weighted by Crippen LogP contribution is -2.39. The Kier molecular flexibility index (Phi) is 5.40. The third kappa shape index (κ3) is 4.20. The number of halogens is 1. The van der Waals surface area contributed by atoms with Gasteiger partial charge in [0, 0.05) is 23.4 Å². The number of hydrogen-bond donors (Lipinski definition) is 2. The van der Waals surface area contributed by atoms with E-state index in [0.29, 0.717) is 17.5 Å². The van der Waals surface area contributed by atoms with Gasteiger partial charge < -0.3 is 15.4 Å². The van der Waals surface area contributed by atoms with Crippen LogP contribution in [0.25, 0.3) is 0 Å². The van der Waals surface area contributed by atoms with Crippen molar-refractivity contribution in [3.8, 4) is 0 Å². The maximum atomic E-state index is 11.9. The van der Waals surface area contributed by atoms with Crippen LogP contribution >= 0.6 is 11.6 Å². The number of amides is 1. The van der Waals surface area contributed by atoms with Gasteiger partial charge in [0.1, 0.15) is 0 Å². The van der Waals surface area contributed by atoms with Crippen molar-refractivity contribution < 1.29 is 9.53 Å². The second-order valence-electron chi connectivity index (χ2n) is 5.30. The van der Waals surface area contributed by atoms with Gasteiger partial charge in [-0.3, -0.25) is 4.79 Å². The minimum Gasteiger partial charge on any atom is -0.381 e. The molecule has 1 amide bonds. The van der Waals surface area contributed by atoms with Crippen LogP contribution in [0.3, 0.4) is 0 Å². The van der Waals surface area contributed by atoms with Crippen LogP contribution in [0.2, 0.25) is 5.02 Å². The van der Waals surface area contributed by atoms with Crippen molar-refractivity contribution in [1.29, 1.82) is 0 Å². The minimum atomic E-state index is -0.0545. The number of hydrogen-bond acceptors (Lipinski definition) is 3. The van der Waals surface area contributed by atoms with Gasteiger partial charge in [0.15, 0.2) is 0 Å². The number of nitrogens with one attached hydrogen (secondary N) is 2. The van der Waals surface area contributed by atoms with E-state index in [0.717, 1.165) is 30.9 Å². The number of rotatable bonds is 5. The number of benzene rings is 1. The van der Waals surface area contributed by atoms with Gasteiger partial charge in [-0.25, -0.2) is 0 Å². The van der Waals surface area contributed by atoms with Crippen molar-refractivity contribution in [3.63, 3.8) is 0 Å². The maximum absolute atomic E-state index is 11.9. The molecule has 0 radical (unpaired) electrons. The Bertz CT molecular complexity index is 473. The SMILES string of the molecule is Cc1ccc(Cl)cc1NC(=O)CNC(C)C1CCOC1. The van der Waals surface area contributed by atoms with Crippen LogP contribution in [-0.2, 0) is 9.53 Å². The molecule has 1 aliphatic rings. The van der Waals surface area contributed by atoms with Crippen molar-refractivity contribution in [3.05, 3.63) is 28.8 Å². The monoisotopic (exact) mass is 296 g/mol. The van der Waals surface area contributed by atoms with Crippen molar-refractivity contribution >= 4 is 23.2 Å². The third-order valence-corrected chi connectivity index (χ3v) is 3.97. The highest BCUT2D eigenvalue weighted by atomic mass is 35.5. The summed E-state index contributed by atoms with van der Waals surface area (Å²) in [7, 11) is 0. The molecule has 0 saturated carbocycles. The molecule has 1 fully saturated rings. The summed E-state index contributed by atoms with van der Waals surface area (Å²) in [5.74, 6) is 0.442. The lowest BCUT2D eigenvalue weighted by atomic mass is 10.0. The lowest BCUT2D eigenvalue weighted by molar-refractivity contribution is -0.115. The molecule has 0 spiro atoms. The zero-order valence-corrected chi connectivity index (χ0v) is 12.7. The fourth-order valence-electron chi connectivity index (χ4n) is 2.29. The molecule has 0 aromatic heterocycles. The topological polar surface area (TPSA) is 50.4 Å². The van der Waals surface area contributed by atoms with Gasteiger partial charge in [-0.1, -0.05) is 17.7 Å². The van der Waals surface area contributed by atoms with Crippen molar-refractivity contribution in [2.45, 2.75) is 26.3 Å². The molecule has 1 aliphatic heterocycles. The Balaban J connectivity index is 1.81. The second kappa shape index (κ2) is 7.07. The Morgan fingerprint density at radius 3 is 3.05 bits per heavy atom. The van der Waals surface area contributed by atoms with Crippen LogP contribution in [0, 0.1) is 12.8 Å². The number of ether oxygens (including phenoxy) is 1. The van der Waals surface area contributed by atoms with Crippen molar-refractivity contribution in [2.75, 3.05) is 25.1 Å². The molecule has 2 rings (SSSR count). The van der Waals surface area contributed by atoms with Gasteiger partial charge in [-0.05, 0) is 43.9 Å². The summed E-state index contributed by atoms with van der Waals surface area (Å²) in [5, 5.41) is 6.75. The molecule has 0 bridgehead atoms. The van der Waals surface area contributed by atoms with E-state index >= 15 is 0 Å². The molecule has 1 heterocycles. The fraction of sp³-hybridized carbons (Fsp3) is 0.533. The molecular weight excluding hydrogens is 276 g/mol. The van der Waals surface area contributed by atoms with Gasteiger partial charge in [-0.15, -0.1) is 0 Å². The van der Waals surface area contributed by atoms with Gasteiger partial charge in [-0.2, -0.15) is 0 Å². The largest absolute Gasteiger partial charge is 0.381 e. The Hall–Kier alpha value is -1.10. The van der Waals surface area contributed by atoms with Gasteiger partial charge in [0.2, 0.25) is 5.91 Å². The molecule has 1 aromatic carbocycles. The molecule has 4 nitrogen and oxygen atoms in total. The molecule has 110 valence electrons. The highest BCUT2D eigenvalue weighted by molar-refractivity contribution is 6.31. The van der Waals surface area contributed by atoms with Crippen LogP contribution in [-0.4, -0.2) is 31.7 Å². The summed E-state index contributed by atoms with van der Waals surface area (Å²) in [6.45, 7) is 5.94. The van der Waals surface area contributed by atoms with E-state index < -0.39 is 0 Å². The first-order valence-corrected chi connectivity index (χ1v) is 7.31. The van der Waals surface area contributed by atoms with E-state index in [2.05, 4.69) is 17.6 Å². The summed E-state index contributed by atoms with van der Waals surface area (Å²) >= 11 is 5.93. The summed E-state index contributed by atoms with van der Waals surface area (Å²) < 4.78 is 5.35. The van der Waals surface area contributed by atoms with Crippen molar-refractivity contribution in [2.24, 2.45) is 5.92 Å².